The Morgan fingerprint density at radius 2 is 1.57 bits per heavy atom. The highest BCUT2D eigenvalue weighted by molar-refractivity contribution is 6.05. The molecule has 0 amide bonds. The smallest absolute Gasteiger partial charge is 0.257 e. The van der Waals surface area contributed by atoms with Crippen LogP contribution in [-0.4, -0.2) is 46.1 Å². The SMILES string of the molecule is Cc1nc(N2CCN(c3ccncc3)CC2)nc2[nH]c(=O)c3ccccc3c12. The predicted octanol–water partition coefficient (Wildman–Crippen LogP) is 2.50. The molecule has 1 aliphatic rings. The largest absolute Gasteiger partial charge is 0.368 e. The Morgan fingerprint density at radius 1 is 0.893 bits per heavy atom. The lowest BCUT2D eigenvalue weighted by Crippen LogP contribution is -2.47. The van der Waals surface area contributed by atoms with Crippen molar-refractivity contribution in [2.45, 2.75) is 6.92 Å². The standard InChI is InChI=1S/C21H20N6O/c1-14-18-16-4-2-3-5-17(16)20(28)24-19(18)25-21(23-14)27-12-10-26(11-13-27)15-6-8-22-9-7-15/h2-9H,10-13H2,1H3,(H,23,24,25,28). The van der Waals surface area contributed by atoms with Gasteiger partial charge >= 0.3 is 0 Å². The van der Waals surface area contributed by atoms with Crippen molar-refractivity contribution < 1.29 is 0 Å². The average molecular weight is 372 g/mol. The molecule has 0 unspecified atom stereocenters. The molecule has 0 atom stereocenters. The number of piperazine rings is 1. The summed E-state index contributed by atoms with van der Waals surface area (Å²) in [5.41, 5.74) is 2.54. The number of aromatic amines is 1. The molecule has 5 rings (SSSR count). The molecule has 0 saturated carbocycles. The zero-order valence-electron chi connectivity index (χ0n) is 15.6. The molecule has 0 aliphatic carbocycles. The second-order valence-electron chi connectivity index (χ2n) is 7.01. The van der Waals surface area contributed by atoms with E-state index in [1.165, 1.54) is 5.69 Å². The zero-order valence-corrected chi connectivity index (χ0v) is 15.6. The van der Waals surface area contributed by atoms with Crippen LogP contribution in [0.15, 0.2) is 53.6 Å². The fourth-order valence-electron chi connectivity index (χ4n) is 3.91. The lowest BCUT2D eigenvalue weighted by atomic mass is 10.1. The highest BCUT2D eigenvalue weighted by Gasteiger charge is 2.21. The van der Waals surface area contributed by atoms with Gasteiger partial charge in [-0.15, -0.1) is 0 Å². The number of aromatic nitrogens is 4. The van der Waals surface area contributed by atoms with Gasteiger partial charge in [-0.1, -0.05) is 18.2 Å². The van der Waals surface area contributed by atoms with Crippen LogP contribution < -0.4 is 15.4 Å². The van der Waals surface area contributed by atoms with Gasteiger partial charge in [-0.3, -0.25) is 9.78 Å². The Labute approximate surface area is 161 Å². The van der Waals surface area contributed by atoms with Crippen LogP contribution in [0.4, 0.5) is 11.6 Å². The maximum atomic E-state index is 12.5. The van der Waals surface area contributed by atoms with Crippen LogP contribution in [0.2, 0.25) is 0 Å². The highest BCUT2D eigenvalue weighted by atomic mass is 16.1. The van der Waals surface area contributed by atoms with Crippen LogP contribution in [0, 0.1) is 6.92 Å². The van der Waals surface area contributed by atoms with E-state index in [-0.39, 0.29) is 5.56 Å². The molecular formula is C21H20N6O. The third kappa shape index (κ3) is 2.76. The Kier molecular flexibility index (Phi) is 3.93. The molecule has 7 heteroatoms. The van der Waals surface area contributed by atoms with Gasteiger partial charge in [0.1, 0.15) is 5.65 Å². The molecule has 4 heterocycles. The van der Waals surface area contributed by atoms with Crippen LogP contribution >= 0.6 is 0 Å². The number of nitrogens with zero attached hydrogens (tertiary/aromatic N) is 5. The van der Waals surface area contributed by atoms with Crippen LogP contribution in [0.5, 0.6) is 0 Å². The first kappa shape index (κ1) is 16.7. The minimum Gasteiger partial charge on any atom is -0.368 e. The molecule has 1 N–H and O–H groups in total. The zero-order chi connectivity index (χ0) is 19.1. The second-order valence-corrected chi connectivity index (χ2v) is 7.01. The fraction of sp³-hybridized carbons (Fsp3) is 0.238. The molecular weight excluding hydrogens is 352 g/mol. The van der Waals surface area contributed by atoms with Crippen molar-refractivity contribution in [3.05, 3.63) is 64.8 Å². The monoisotopic (exact) mass is 372 g/mol. The molecule has 0 radical (unpaired) electrons. The van der Waals surface area contributed by atoms with E-state index < -0.39 is 0 Å². The number of fused-ring (bicyclic) bond motifs is 3. The van der Waals surface area contributed by atoms with E-state index in [2.05, 4.69) is 19.8 Å². The molecule has 1 fully saturated rings. The third-order valence-electron chi connectivity index (χ3n) is 5.34. The van der Waals surface area contributed by atoms with Gasteiger partial charge in [0, 0.05) is 55.0 Å². The predicted molar refractivity (Wildman–Crippen MR) is 111 cm³/mol. The molecule has 4 aromatic rings. The summed E-state index contributed by atoms with van der Waals surface area (Å²) in [6, 6.07) is 11.7. The number of H-pyrrole nitrogens is 1. The summed E-state index contributed by atoms with van der Waals surface area (Å²) in [6.07, 6.45) is 3.64. The highest BCUT2D eigenvalue weighted by Crippen LogP contribution is 2.25. The fourth-order valence-corrected chi connectivity index (χ4v) is 3.91. The summed E-state index contributed by atoms with van der Waals surface area (Å²) in [5, 5.41) is 2.47. The second kappa shape index (κ2) is 6.60. The number of nitrogens with one attached hydrogen (secondary N) is 1. The molecule has 0 spiro atoms. The van der Waals surface area contributed by atoms with Crippen LogP contribution in [0.3, 0.4) is 0 Å². The Balaban J connectivity index is 1.49. The molecule has 1 aliphatic heterocycles. The molecule has 140 valence electrons. The molecule has 1 aromatic carbocycles. The first-order valence-corrected chi connectivity index (χ1v) is 9.40. The van der Waals surface area contributed by atoms with Gasteiger partial charge in [-0.25, -0.2) is 4.98 Å². The van der Waals surface area contributed by atoms with Gasteiger partial charge in [-0.05, 0) is 30.5 Å². The molecule has 1 saturated heterocycles. The third-order valence-corrected chi connectivity index (χ3v) is 5.34. The van der Waals surface area contributed by atoms with Crippen LogP contribution in [-0.2, 0) is 0 Å². The van der Waals surface area contributed by atoms with Crippen LogP contribution in [0.1, 0.15) is 5.69 Å². The van der Waals surface area contributed by atoms with E-state index in [9.17, 15) is 4.79 Å². The van der Waals surface area contributed by atoms with Crippen molar-refractivity contribution in [3.63, 3.8) is 0 Å². The summed E-state index contributed by atoms with van der Waals surface area (Å²) in [4.78, 5) is 33.5. The normalized spacial score (nSPS) is 14.8. The number of hydrogen-bond acceptors (Lipinski definition) is 6. The lowest BCUT2D eigenvalue weighted by molar-refractivity contribution is 0.640. The molecule has 0 bridgehead atoms. The number of anilines is 2. The Bertz CT molecular complexity index is 1210. The van der Waals surface area contributed by atoms with Crippen LogP contribution in [0.25, 0.3) is 21.8 Å². The van der Waals surface area contributed by atoms with Crippen molar-refractivity contribution in [2.24, 2.45) is 0 Å². The van der Waals surface area contributed by atoms with Crippen molar-refractivity contribution >= 4 is 33.4 Å². The van der Waals surface area contributed by atoms with E-state index in [1.54, 1.807) is 0 Å². The minimum absolute atomic E-state index is 0.116. The van der Waals surface area contributed by atoms with Crippen molar-refractivity contribution in [2.75, 3.05) is 36.0 Å². The molecule has 28 heavy (non-hydrogen) atoms. The van der Waals surface area contributed by atoms with Gasteiger partial charge in [-0.2, -0.15) is 4.98 Å². The first-order chi connectivity index (χ1) is 13.7. The lowest BCUT2D eigenvalue weighted by Gasteiger charge is -2.36. The number of pyridine rings is 2. The van der Waals surface area contributed by atoms with Gasteiger partial charge in [0.25, 0.3) is 5.56 Å². The first-order valence-electron chi connectivity index (χ1n) is 9.40. The summed E-state index contributed by atoms with van der Waals surface area (Å²) in [7, 11) is 0. The Morgan fingerprint density at radius 3 is 2.32 bits per heavy atom. The molecule has 3 aromatic heterocycles. The minimum atomic E-state index is -0.116. The summed E-state index contributed by atoms with van der Waals surface area (Å²) in [6.45, 7) is 5.40. The number of hydrogen-bond donors (Lipinski definition) is 1. The Hall–Kier alpha value is -3.48. The number of benzene rings is 1. The summed E-state index contributed by atoms with van der Waals surface area (Å²) in [5.74, 6) is 0.672. The average Bonchev–Trinajstić information content (AvgIpc) is 2.74. The van der Waals surface area contributed by atoms with Crippen molar-refractivity contribution in [1.29, 1.82) is 0 Å². The van der Waals surface area contributed by atoms with Gasteiger partial charge in [0.2, 0.25) is 5.95 Å². The maximum absolute atomic E-state index is 12.5. The molecule has 7 nitrogen and oxygen atoms in total. The van der Waals surface area contributed by atoms with Gasteiger partial charge < -0.3 is 14.8 Å². The van der Waals surface area contributed by atoms with Gasteiger partial charge in [0.05, 0.1) is 5.69 Å². The van der Waals surface area contributed by atoms with E-state index >= 15 is 0 Å². The van der Waals surface area contributed by atoms with E-state index in [0.717, 1.165) is 42.6 Å². The summed E-state index contributed by atoms with van der Waals surface area (Å²) >= 11 is 0. The van der Waals surface area contributed by atoms with Crippen molar-refractivity contribution in [1.82, 2.24) is 19.9 Å². The number of aryl methyl sites for hydroxylation is 1. The van der Waals surface area contributed by atoms with Crippen molar-refractivity contribution in [3.8, 4) is 0 Å². The van der Waals surface area contributed by atoms with E-state index in [1.807, 2.05) is 55.7 Å². The topological polar surface area (TPSA) is 78.0 Å². The van der Waals surface area contributed by atoms with Gasteiger partial charge in [0.15, 0.2) is 0 Å². The quantitative estimate of drug-likeness (QED) is 0.545. The van der Waals surface area contributed by atoms with E-state index in [4.69, 9.17) is 9.97 Å². The van der Waals surface area contributed by atoms with E-state index in [0.29, 0.717) is 17.0 Å². The summed E-state index contributed by atoms with van der Waals surface area (Å²) < 4.78 is 0. The maximum Gasteiger partial charge on any atom is 0.257 e. The number of rotatable bonds is 2.